The molecule has 2 rings (SSSR count). The van der Waals surface area contributed by atoms with Crippen LogP contribution in [0.1, 0.15) is 11.7 Å². The quantitative estimate of drug-likeness (QED) is 0.696. The number of halogens is 1. The molecule has 0 amide bonds. The van der Waals surface area contributed by atoms with E-state index in [0.717, 1.165) is 6.07 Å². The molecule has 1 heterocycles. The van der Waals surface area contributed by atoms with Gasteiger partial charge in [0.2, 0.25) is 5.91 Å². The van der Waals surface area contributed by atoms with Crippen LogP contribution in [-0.4, -0.2) is 15.6 Å². The summed E-state index contributed by atoms with van der Waals surface area (Å²) in [6, 6.07) is 4.09. The monoisotopic (exact) mass is 193 g/mol. The Morgan fingerprint density at radius 3 is 2.86 bits per heavy atom. The van der Waals surface area contributed by atoms with Gasteiger partial charge in [-0.1, -0.05) is 0 Å². The molecule has 0 bridgehead atoms. The molecule has 1 aromatic carbocycles. The second-order valence-electron chi connectivity index (χ2n) is 3.07. The first kappa shape index (κ1) is 8.74. The molecule has 0 aliphatic heterocycles. The first-order valence-corrected chi connectivity index (χ1v) is 4.10. The Morgan fingerprint density at radius 2 is 2.21 bits per heavy atom. The smallest absolute Gasteiger partial charge is 0.227 e. The number of phenols is 1. The van der Waals surface area contributed by atoms with Gasteiger partial charge in [-0.15, -0.1) is 0 Å². The van der Waals surface area contributed by atoms with Crippen molar-refractivity contribution in [2.45, 2.75) is 6.92 Å². The van der Waals surface area contributed by atoms with Gasteiger partial charge in [0.25, 0.3) is 0 Å². The number of rotatable bonds is 0. The van der Waals surface area contributed by atoms with Gasteiger partial charge in [0.05, 0.1) is 5.52 Å². The van der Waals surface area contributed by atoms with Crippen LogP contribution in [0.25, 0.3) is 10.9 Å². The molecule has 0 saturated carbocycles. The van der Waals surface area contributed by atoms with Crippen molar-refractivity contribution in [3.05, 3.63) is 30.2 Å². The van der Waals surface area contributed by atoms with E-state index in [1.54, 1.807) is 12.3 Å². The lowest BCUT2D eigenvalue weighted by atomic mass is 10.2. The summed E-state index contributed by atoms with van der Waals surface area (Å²) in [5, 5.41) is 9.73. The van der Waals surface area contributed by atoms with Gasteiger partial charge in [0.1, 0.15) is 0 Å². The van der Waals surface area contributed by atoms with Gasteiger partial charge in [-0.25, -0.2) is 4.39 Å². The first-order chi connectivity index (χ1) is 6.59. The minimum Gasteiger partial charge on any atom is -0.505 e. The lowest BCUT2D eigenvalue weighted by Gasteiger charge is -2.00. The van der Waals surface area contributed by atoms with Crippen LogP contribution >= 0.6 is 0 Å². The molecule has 0 radical (unpaired) electrons. The number of benzene rings is 1. The maximum Gasteiger partial charge on any atom is 0.227 e. The fraction of sp³-hybridized carbons (Fsp3) is 0.100. The molecular weight excluding hydrogens is 185 g/mol. The Bertz CT molecular complexity index is 516. The second-order valence-corrected chi connectivity index (χ2v) is 3.07. The molecule has 0 fully saturated rings. The molecule has 0 aliphatic carbocycles. The lowest BCUT2D eigenvalue weighted by molar-refractivity contribution is 0.0941. The molecule has 72 valence electrons. The summed E-state index contributed by atoms with van der Waals surface area (Å²) in [6.45, 7) is 1.39. The van der Waals surface area contributed by atoms with E-state index in [-0.39, 0.29) is 5.91 Å². The zero-order valence-electron chi connectivity index (χ0n) is 7.49. The summed E-state index contributed by atoms with van der Waals surface area (Å²) >= 11 is 0. The minimum atomic E-state index is -0.723. The van der Waals surface area contributed by atoms with Crippen molar-refractivity contribution >= 4 is 16.8 Å². The van der Waals surface area contributed by atoms with E-state index >= 15 is 0 Å². The fourth-order valence-corrected chi connectivity index (χ4v) is 1.42. The third-order valence-corrected chi connectivity index (χ3v) is 2.10. The summed E-state index contributed by atoms with van der Waals surface area (Å²) in [5.74, 6) is -1.32. The van der Waals surface area contributed by atoms with Crippen molar-refractivity contribution in [3.63, 3.8) is 0 Å². The molecular formula is C10H8FNO2. The van der Waals surface area contributed by atoms with E-state index in [0.29, 0.717) is 10.9 Å². The molecule has 1 aromatic heterocycles. The van der Waals surface area contributed by atoms with Crippen LogP contribution in [0.5, 0.6) is 5.75 Å². The molecule has 0 aliphatic rings. The number of aromatic nitrogens is 1. The Morgan fingerprint density at radius 1 is 1.50 bits per heavy atom. The van der Waals surface area contributed by atoms with Gasteiger partial charge < -0.3 is 5.11 Å². The number of carbonyl (C=O) groups is 1. The van der Waals surface area contributed by atoms with Gasteiger partial charge in [0.15, 0.2) is 11.6 Å². The van der Waals surface area contributed by atoms with E-state index in [9.17, 15) is 9.18 Å². The molecule has 4 heteroatoms. The number of fused-ring (bicyclic) bond motifs is 1. The van der Waals surface area contributed by atoms with E-state index in [2.05, 4.69) is 0 Å². The summed E-state index contributed by atoms with van der Waals surface area (Å²) in [4.78, 5) is 11.1. The highest BCUT2D eigenvalue weighted by atomic mass is 19.1. The van der Waals surface area contributed by atoms with E-state index in [1.165, 1.54) is 17.6 Å². The van der Waals surface area contributed by atoms with Gasteiger partial charge in [0, 0.05) is 24.6 Å². The summed E-state index contributed by atoms with van der Waals surface area (Å²) < 4.78 is 14.3. The molecule has 0 atom stereocenters. The predicted molar refractivity (Wildman–Crippen MR) is 49.9 cm³/mol. The summed E-state index contributed by atoms with van der Waals surface area (Å²) in [7, 11) is 0. The van der Waals surface area contributed by atoms with Crippen LogP contribution in [0.3, 0.4) is 0 Å². The lowest BCUT2D eigenvalue weighted by Crippen LogP contribution is -2.02. The van der Waals surface area contributed by atoms with Gasteiger partial charge >= 0.3 is 0 Å². The second kappa shape index (κ2) is 2.83. The Kier molecular flexibility index (Phi) is 1.77. The van der Waals surface area contributed by atoms with Crippen molar-refractivity contribution < 1.29 is 14.3 Å². The average Bonchev–Trinajstić information content (AvgIpc) is 2.48. The Labute approximate surface area is 79.4 Å². The zero-order valence-corrected chi connectivity index (χ0v) is 7.49. The van der Waals surface area contributed by atoms with Gasteiger partial charge in [-0.2, -0.15) is 0 Å². The highest BCUT2D eigenvalue weighted by Gasteiger charge is 2.08. The zero-order chi connectivity index (χ0) is 10.3. The topological polar surface area (TPSA) is 42.2 Å². The van der Waals surface area contributed by atoms with Crippen molar-refractivity contribution in [2.24, 2.45) is 0 Å². The van der Waals surface area contributed by atoms with E-state index < -0.39 is 11.6 Å². The molecule has 0 saturated heterocycles. The molecule has 0 unspecified atom stereocenters. The number of hydrogen-bond donors (Lipinski definition) is 1. The summed E-state index contributed by atoms with van der Waals surface area (Å²) in [6.07, 6.45) is 1.55. The Balaban J connectivity index is 2.80. The van der Waals surface area contributed by atoms with Crippen LogP contribution in [0.15, 0.2) is 24.4 Å². The van der Waals surface area contributed by atoms with Crippen LogP contribution < -0.4 is 0 Å². The van der Waals surface area contributed by atoms with Crippen molar-refractivity contribution in [1.29, 1.82) is 0 Å². The normalized spacial score (nSPS) is 10.7. The van der Waals surface area contributed by atoms with Crippen molar-refractivity contribution in [3.8, 4) is 5.75 Å². The third-order valence-electron chi connectivity index (χ3n) is 2.10. The van der Waals surface area contributed by atoms with Crippen molar-refractivity contribution in [1.82, 2.24) is 4.57 Å². The third kappa shape index (κ3) is 1.16. The number of hydrogen-bond acceptors (Lipinski definition) is 2. The van der Waals surface area contributed by atoms with Crippen LogP contribution in [-0.2, 0) is 0 Å². The number of nitrogens with zero attached hydrogens (tertiary/aromatic N) is 1. The minimum absolute atomic E-state index is 0.190. The summed E-state index contributed by atoms with van der Waals surface area (Å²) in [5.41, 5.74) is 0.466. The fourth-order valence-electron chi connectivity index (χ4n) is 1.42. The maximum atomic E-state index is 13.0. The van der Waals surface area contributed by atoms with Crippen LogP contribution in [0.2, 0.25) is 0 Å². The van der Waals surface area contributed by atoms with Crippen molar-refractivity contribution in [2.75, 3.05) is 0 Å². The Hall–Kier alpha value is -1.84. The number of phenolic OH excluding ortho intramolecular Hbond substituents is 1. The number of aromatic hydroxyl groups is 1. The standard InChI is InChI=1S/C10H8FNO2/c1-6(13)12-3-2-7-4-10(14)8(11)5-9(7)12/h2-5,14H,1H3. The van der Waals surface area contributed by atoms with Crippen LogP contribution in [0.4, 0.5) is 4.39 Å². The van der Waals surface area contributed by atoms with Crippen LogP contribution in [0, 0.1) is 5.82 Å². The largest absolute Gasteiger partial charge is 0.505 e. The SMILES string of the molecule is CC(=O)n1ccc2cc(O)c(F)cc21. The molecule has 14 heavy (non-hydrogen) atoms. The predicted octanol–water partition coefficient (Wildman–Crippen LogP) is 2.15. The molecule has 3 nitrogen and oxygen atoms in total. The van der Waals surface area contributed by atoms with Gasteiger partial charge in [-0.3, -0.25) is 9.36 Å². The van der Waals surface area contributed by atoms with E-state index in [1.807, 2.05) is 0 Å². The molecule has 2 aromatic rings. The van der Waals surface area contributed by atoms with E-state index in [4.69, 9.17) is 5.11 Å². The van der Waals surface area contributed by atoms with Gasteiger partial charge in [-0.05, 0) is 12.1 Å². The maximum absolute atomic E-state index is 13.0. The molecule has 0 spiro atoms. The first-order valence-electron chi connectivity index (χ1n) is 4.10. The number of carbonyl (C=O) groups excluding carboxylic acids is 1. The highest BCUT2D eigenvalue weighted by molar-refractivity contribution is 5.92. The average molecular weight is 193 g/mol. The molecule has 1 N–H and O–H groups in total. The highest BCUT2D eigenvalue weighted by Crippen LogP contribution is 2.24.